The van der Waals surface area contributed by atoms with Crippen molar-refractivity contribution in [3.05, 3.63) is 89.4 Å². The fourth-order valence-corrected chi connectivity index (χ4v) is 5.56. The Kier molecular flexibility index (Phi) is 5.04. The minimum atomic E-state index is -3.69. The molecule has 0 amide bonds. The smallest absolute Gasteiger partial charge is 0.264 e. The molecule has 144 valence electrons. The normalized spacial score (nSPS) is 19.1. The maximum absolute atomic E-state index is 13.4. The van der Waals surface area contributed by atoms with E-state index in [1.807, 2.05) is 61.5 Å². The highest BCUT2D eigenvalue weighted by atomic mass is 35.5. The number of hydrogen-bond donors (Lipinski definition) is 1. The SMILES string of the molecule is C[C@@H]1C[C@@H](Nc2ccccc2)c2ccccc2N1S(=O)(=O)c1ccc(Cl)cc1. The van der Waals surface area contributed by atoms with Gasteiger partial charge >= 0.3 is 0 Å². The van der Waals surface area contributed by atoms with E-state index in [4.69, 9.17) is 11.6 Å². The van der Waals surface area contributed by atoms with Gasteiger partial charge in [-0.1, -0.05) is 48.0 Å². The van der Waals surface area contributed by atoms with Crippen LogP contribution in [0.3, 0.4) is 0 Å². The molecule has 0 bridgehead atoms. The summed E-state index contributed by atoms with van der Waals surface area (Å²) in [6, 6.07) is 23.8. The number of anilines is 2. The number of nitrogens with zero attached hydrogens (tertiary/aromatic N) is 1. The predicted molar refractivity (Wildman–Crippen MR) is 114 cm³/mol. The van der Waals surface area contributed by atoms with E-state index < -0.39 is 10.0 Å². The summed E-state index contributed by atoms with van der Waals surface area (Å²) in [6.07, 6.45) is 0.665. The lowest BCUT2D eigenvalue weighted by molar-refractivity contribution is 0.537. The molecule has 0 unspecified atom stereocenters. The third-order valence-corrected chi connectivity index (χ3v) is 7.21. The number of benzene rings is 3. The molecule has 0 fully saturated rings. The number of sulfonamides is 1. The lowest BCUT2D eigenvalue weighted by Crippen LogP contribution is -2.44. The molecule has 4 nitrogen and oxygen atoms in total. The molecular weight excluding hydrogens is 392 g/mol. The van der Waals surface area contributed by atoms with Crippen LogP contribution in [0.2, 0.25) is 5.02 Å². The van der Waals surface area contributed by atoms with Gasteiger partial charge in [-0.05, 0) is 61.4 Å². The van der Waals surface area contributed by atoms with Crippen LogP contribution in [0.4, 0.5) is 11.4 Å². The molecule has 6 heteroatoms. The maximum atomic E-state index is 13.4. The topological polar surface area (TPSA) is 49.4 Å². The molecule has 0 radical (unpaired) electrons. The van der Waals surface area contributed by atoms with Gasteiger partial charge in [-0.3, -0.25) is 4.31 Å². The average Bonchev–Trinajstić information content (AvgIpc) is 2.69. The van der Waals surface area contributed by atoms with Crippen molar-refractivity contribution in [2.24, 2.45) is 0 Å². The molecule has 0 saturated carbocycles. The second-order valence-electron chi connectivity index (χ2n) is 6.96. The number of halogens is 1. The van der Waals surface area contributed by atoms with E-state index in [1.165, 1.54) is 4.31 Å². The minimum Gasteiger partial charge on any atom is -0.378 e. The molecule has 4 rings (SSSR count). The van der Waals surface area contributed by atoms with Crippen LogP contribution in [-0.2, 0) is 10.0 Å². The lowest BCUT2D eigenvalue weighted by Gasteiger charge is -2.40. The Morgan fingerprint density at radius 2 is 1.57 bits per heavy atom. The first-order chi connectivity index (χ1) is 13.5. The quantitative estimate of drug-likeness (QED) is 0.617. The van der Waals surface area contributed by atoms with Gasteiger partial charge in [0.2, 0.25) is 0 Å². The molecule has 0 saturated heterocycles. The van der Waals surface area contributed by atoms with E-state index in [2.05, 4.69) is 5.32 Å². The van der Waals surface area contributed by atoms with E-state index in [9.17, 15) is 8.42 Å². The minimum absolute atomic E-state index is 0.0327. The van der Waals surface area contributed by atoms with Crippen molar-refractivity contribution in [3.8, 4) is 0 Å². The summed E-state index contributed by atoms with van der Waals surface area (Å²) < 4.78 is 28.3. The Bertz CT molecular complexity index is 1070. The highest BCUT2D eigenvalue weighted by Crippen LogP contribution is 2.41. The van der Waals surface area contributed by atoms with Crippen LogP contribution in [-0.4, -0.2) is 14.5 Å². The molecule has 2 atom stereocenters. The van der Waals surface area contributed by atoms with E-state index in [0.717, 1.165) is 11.3 Å². The van der Waals surface area contributed by atoms with E-state index in [1.54, 1.807) is 24.3 Å². The Balaban J connectivity index is 1.75. The third kappa shape index (κ3) is 3.48. The Morgan fingerprint density at radius 3 is 2.29 bits per heavy atom. The number of rotatable bonds is 4. The van der Waals surface area contributed by atoms with Gasteiger partial charge in [0.1, 0.15) is 0 Å². The number of para-hydroxylation sites is 2. The molecule has 1 N–H and O–H groups in total. The van der Waals surface area contributed by atoms with E-state index >= 15 is 0 Å². The van der Waals surface area contributed by atoms with Crippen molar-refractivity contribution in [2.45, 2.75) is 30.3 Å². The number of fused-ring (bicyclic) bond motifs is 1. The van der Waals surface area contributed by atoms with Crippen molar-refractivity contribution in [2.75, 3.05) is 9.62 Å². The van der Waals surface area contributed by atoms with Gasteiger partial charge in [0.15, 0.2) is 0 Å². The number of hydrogen-bond acceptors (Lipinski definition) is 3. The monoisotopic (exact) mass is 412 g/mol. The summed E-state index contributed by atoms with van der Waals surface area (Å²) in [7, 11) is -3.69. The standard InChI is InChI=1S/C22H21ClN2O2S/c1-16-15-21(24-18-7-3-2-4-8-18)20-9-5-6-10-22(20)25(16)28(26,27)19-13-11-17(23)12-14-19/h2-14,16,21,24H,15H2,1H3/t16-,21-/m1/s1. The molecule has 3 aromatic carbocycles. The van der Waals surface area contributed by atoms with Crippen molar-refractivity contribution >= 4 is 33.0 Å². The highest BCUT2D eigenvalue weighted by Gasteiger charge is 2.37. The summed E-state index contributed by atoms with van der Waals surface area (Å²) in [5.41, 5.74) is 2.70. The number of nitrogens with one attached hydrogen (secondary N) is 1. The Labute approximate surface area is 170 Å². The summed E-state index contributed by atoms with van der Waals surface area (Å²) in [6.45, 7) is 1.95. The zero-order valence-corrected chi connectivity index (χ0v) is 17.0. The third-order valence-electron chi connectivity index (χ3n) is 5.01. The van der Waals surface area contributed by atoms with Crippen LogP contribution < -0.4 is 9.62 Å². The maximum Gasteiger partial charge on any atom is 0.264 e. The van der Waals surface area contributed by atoms with Gasteiger partial charge in [-0.25, -0.2) is 8.42 Å². The summed E-state index contributed by atoms with van der Waals surface area (Å²) in [4.78, 5) is 0.244. The lowest BCUT2D eigenvalue weighted by atomic mass is 9.93. The van der Waals surface area contributed by atoms with Crippen LogP contribution in [0.1, 0.15) is 24.9 Å². The Morgan fingerprint density at radius 1 is 0.929 bits per heavy atom. The van der Waals surface area contributed by atoms with Gasteiger partial charge in [-0.2, -0.15) is 0 Å². The zero-order valence-electron chi connectivity index (χ0n) is 15.4. The van der Waals surface area contributed by atoms with Gasteiger partial charge in [-0.15, -0.1) is 0 Å². The molecule has 0 aliphatic carbocycles. The first-order valence-electron chi connectivity index (χ1n) is 9.17. The first-order valence-corrected chi connectivity index (χ1v) is 11.0. The summed E-state index contributed by atoms with van der Waals surface area (Å²) in [5.74, 6) is 0. The molecule has 1 aliphatic rings. The molecule has 1 heterocycles. The molecule has 0 aromatic heterocycles. The second kappa shape index (κ2) is 7.49. The highest BCUT2D eigenvalue weighted by molar-refractivity contribution is 7.92. The Hall–Kier alpha value is -2.50. The van der Waals surface area contributed by atoms with E-state index in [-0.39, 0.29) is 17.0 Å². The van der Waals surface area contributed by atoms with Crippen LogP contribution in [0.5, 0.6) is 0 Å². The van der Waals surface area contributed by atoms with Gasteiger partial charge in [0.05, 0.1) is 16.6 Å². The average molecular weight is 413 g/mol. The molecule has 1 aliphatic heterocycles. The molecule has 3 aromatic rings. The summed E-state index contributed by atoms with van der Waals surface area (Å²) in [5, 5.41) is 4.06. The van der Waals surface area contributed by atoms with Crippen molar-refractivity contribution < 1.29 is 8.42 Å². The first kappa shape index (κ1) is 18.8. The van der Waals surface area contributed by atoms with Crippen molar-refractivity contribution in [1.82, 2.24) is 0 Å². The zero-order chi connectivity index (χ0) is 19.7. The van der Waals surface area contributed by atoms with Crippen LogP contribution in [0.15, 0.2) is 83.8 Å². The largest absolute Gasteiger partial charge is 0.378 e. The predicted octanol–water partition coefficient (Wildman–Crippen LogP) is 5.48. The van der Waals surface area contributed by atoms with Crippen LogP contribution >= 0.6 is 11.6 Å². The van der Waals surface area contributed by atoms with Crippen LogP contribution in [0.25, 0.3) is 0 Å². The molecular formula is C22H21ClN2O2S. The molecule has 28 heavy (non-hydrogen) atoms. The van der Waals surface area contributed by atoms with Gasteiger partial charge in [0, 0.05) is 16.8 Å². The van der Waals surface area contributed by atoms with Gasteiger partial charge < -0.3 is 5.32 Å². The summed E-state index contributed by atoms with van der Waals surface area (Å²) >= 11 is 5.94. The van der Waals surface area contributed by atoms with Crippen molar-refractivity contribution in [1.29, 1.82) is 0 Å². The fourth-order valence-electron chi connectivity index (χ4n) is 3.74. The van der Waals surface area contributed by atoms with Crippen molar-refractivity contribution in [3.63, 3.8) is 0 Å². The van der Waals surface area contributed by atoms with Crippen LogP contribution in [0, 0.1) is 0 Å². The van der Waals surface area contributed by atoms with Gasteiger partial charge in [0.25, 0.3) is 10.0 Å². The molecule has 0 spiro atoms. The second-order valence-corrected chi connectivity index (χ2v) is 9.21. The van der Waals surface area contributed by atoms with E-state index in [0.29, 0.717) is 17.1 Å². The fraction of sp³-hybridized carbons (Fsp3) is 0.182.